The maximum absolute atomic E-state index is 12.0. The fourth-order valence-corrected chi connectivity index (χ4v) is 3.74. The number of ether oxygens (including phenoxy) is 2. The topological polar surface area (TPSA) is 64.6 Å². The second-order valence-electron chi connectivity index (χ2n) is 5.85. The van der Waals surface area contributed by atoms with Crippen molar-refractivity contribution in [2.75, 3.05) is 18.5 Å². The zero-order chi connectivity index (χ0) is 19.3. The Morgan fingerprint density at radius 3 is 2.23 bits per heavy atom. The second kappa shape index (κ2) is 9.19. The lowest BCUT2D eigenvalue weighted by atomic mass is 10.1. The van der Waals surface area contributed by atoms with Gasteiger partial charge in [-0.25, -0.2) is 4.79 Å². The molecule has 26 heavy (non-hydrogen) atoms. The predicted molar refractivity (Wildman–Crippen MR) is 108 cm³/mol. The second-order valence-corrected chi connectivity index (χ2v) is 7.56. The molecule has 5 nitrogen and oxygen atoms in total. The van der Waals surface area contributed by atoms with Crippen molar-refractivity contribution < 1.29 is 19.1 Å². The van der Waals surface area contributed by atoms with Gasteiger partial charge in [0.2, 0.25) is 0 Å². The highest BCUT2D eigenvalue weighted by Gasteiger charge is 2.13. The van der Waals surface area contributed by atoms with Gasteiger partial charge in [-0.1, -0.05) is 6.07 Å². The molecule has 0 saturated heterocycles. The Balaban J connectivity index is 1.81. The number of halogens is 2. The van der Waals surface area contributed by atoms with E-state index >= 15 is 0 Å². The first-order valence-corrected chi connectivity index (χ1v) is 9.46. The molecule has 2 aromatic rings. The summed E-state index contributed by atoms with van der Waals surface area (Å²) < 4.78 is 11.8. The first kappa shape index (κ1) is 20.5. The number of hydrogen-bond donors (Lipinski definition) is 1. The minimum absolute atomic E-state index is 0.256. The van der Waals surface area contributed by atoms with Crippen molar-refractivity contribution in [2.24, 2.45) is 0 Å². The highest BCUT2D eigenvalue weighted by Crippen LogP contribution is 2.32. The zero-order valence-corrected chi connectivity index (χ0v) is 17.9. The van der Waals surface area contributed by atoms with Crippen LogP contribution in [-0.4, -0.2) is 25.1 Å². The van der Waals surface area contributed by atoms with Gasteiger partial charge in [0.15, 0.2) is 13.2 Å². The Hall–Kier alpha value is -1.86. The number of nitrogens with one attached hydrogen (secondary N) is 1. The molecular weight excluding hydrogens is 466 g/mol. The van der Waals surface area contributed by atoms with Crippen molar-refractivity contribution >= 4 is 49.4 Å². The monoisotopic (exact) mass is 483 g/mol. The maximum Gasteiger partial charge on any atom is 0.344 e. The van der Waals surface area contributed by atoms with Crippen LogP contribution in [-0.2, 0) is 14.3 Å². The Bertz CT molecular complexity index is 813. The standard InChI is InChI=1S/C19H19Br2NO4/c1-11-6-15(20)19(16(21)7-11)22-17(23)9-26-18(24)10-25-14-5-4-12(2)13(3)8-14/h4-8H,9-10H2,1-3H3,(H,22,23). The molecule has 1 N–H and O–H groups in total. The molecule has 0 saturated carbocycles. The van der Waals surface area contributed by atoms with Crippen LogP contribution in [0, 0.1) is 20.8 Å². The summed E-state index contributed by atoms with van der Waals surface area (Å²) in [4.78, 5) is 23.7. The summed E-state index contributed by atoms with van der Waals surface area (Å²) in [5, 5.41) is 2.70. The molecule has 2 rings (SSSR count). The number of amides is 1. The minimum atomic E-state index is -0.611. The summed E-state index contributed by atoms with van der Waals surface area (Å²) in [7, 11) is 0. The maximum atomic E-state index is 12.0. The molecule has 0 unspecified atom stereocenters. The first-order valence-electron chi connectivity index (χ1n) is 7.87. The van der Waals surface area contributed by atoms with Gasteiger partial charge < -0.3 is 14.8 Å². The van der Waals surface area contributed by atoms with Crippen molar-refractivity contribution in [3.63, 3.8) is 0 Å². The van der Waals surface area contributed by atoms with Crippen LogP contribution in [0.1, 0.15) is 16.7 Å². The molecule has 0 atom stereocenters. The van der Waals surface area contributed by atoms with Crippen LogP contribution in [0.4, 0.5) is 5.69 Å². The average molecular weight is 485 g/mol. The van der Waals surface area contributed by atoms with E-state index in [1.54, 1.807) is 6.07 Å². The van der Waals surface area contributed by atoms with E-state index in [4.69, 9.17) is 9.47 Å². The predicted octanol–water partition coefficient (Wildman–Crippen LogP) is 4.70. The van der Waals surface area contributed by atoms with Gasteiger partial charge in [-0.3, -0.25) is 4.79 Å². The van der Waals surface area contributed by atoms with E-state index in [9.17, 15) is 9.59 Å². The van der Waals surface area contributed by atoms with Crippen LogP contribution in [0.2, 0.25) is 0 Å². The normalized spacial score (nSPS) is 10.3. The van der Waals surface area contributed by atoms with E-state index in [0.717, 1.165) is 25.6 Å². The summed E-state index contributed by atoms with van der Waals surface area (Å²) in [5.74, 6) is -0.461. The molecular formula is C19H19Br2NO4. The third-order valence-electron chi connectivity index (χ3n) is 3.65. The number of benzene rings is 2. The first-order chi connectivity index (χ1) is 12.3. The van der Waals surface area contributed by atoms with E-state index in [1.165, 1.54) is 0 Å². The largest absolute Gasteiger partial charge is 0.482 e. The number of anilines is 1. The molecule has 0 aliphatic heterocycles. The smallest absolute Gasteiger partial charge is 0.344 e. The Kier molecular flexibility index (Phi) is 7.23. The Labute approximate surface area is 169 Å². The third-order valence-corrected chi connectivity index (χ3v) is 4.90. The molecule has 2 aromatic carbocycles. The highest BCUT2D eigenvalue weighted by molar-refractivity contribution is 9.11. The lowest BCUT2D eigenvalue weighted by Crippen LogP contribution is -2.24. The van der Waals surface area contributed by atoms with E-state index in [1.807, 2.05) is 45.0 Å². The summed E-state index contributed by atoms with van der Waals surface area (Å²) in [6.45, 7) is 5.26. The van der Waals surface area contributed by atoms with Gasteiger partial charge in [-0.05, 0) is 93.6 Å². The van der Waals surface area contributed by atoms with Crippen LogP contribution in [0.5, 0.6) is 5.75 Å². The molecule has 0 bridgehead atoms. The van der Waals surface area contributed by atoms with Gasteiger partial charge in [-0.15, -0.1) is 0 Å². The lowest BCUT2D eigenvalue weighted by Gasteiger charge is -2.11. The quantitative estimate of drug-likeness (QED) is 0.603. The van der Waals surface area contributed by atoms with Crippen LogP contribution >= 0.6 is 31.9 Å². The zero-order valence-electron chi connectivity index (χ0n) is 14.7. The molecule has 1 amide bonds. The molecule has 0 radical (unpaired) electrons. The third kappa shape index (κ3) is 5.85. The summed E-state index contributed by atoms with van der Waals surface area (Å²) in [6, 6.07) is 9.31. The van der Waals surface area contributed by atoms with Gasteiger partial charge >= 0.3 is 5.97 Å². The fourth-order valence-electron chi connectivity index (χ4n) is 2.13. The van der Waals surface area contributed by atoms with Crippen molar-refractivity contribution in [3.8, 4) is 5.75 Å². The van der Waals surface area contributed by atoms with E-state index in [-0.39, 0.29) is 13.2 Å². The van der Waals surface area contributed by atoms with E-state index < -0.39 is 11.9 Å². The molecule has 0 heterocycles. The number of rotatable bonds is 6. The van der Waals surface area contributed by atoms with Crippen LogP contribution in [0.3, 0.4) is 0 Å². The van der Waals surface area contributed by atoms with Crippen molar-refractivity contribution in [1.82, 2.24) is 0 Å². The van der Waals surface area contributed by atoms with Gasteiger partial charge in [0, 0.05) is 8.95 Å². The summed E-state index contributed by atoms with van der Waals surface area (Å²) in [5.41, 5.74) is 3.84. The minimum Gasteiger partial charge on any atom is -0.482 e. The molecule has 0 fully saturated rings. The van der Waals surface area contributed by atoms with Crippen molar-refractivity contribution in [1.29, 1.82) is 0 Å². The SMILES string of the molecule is Cc1cc(Br)c(NC(=O)COC(=O)COc2ccc(C)c(C)c2)c(Br)c1. The fraction of sp³-hybridized carbons (Fsp3) is 0.263. The van der Waals surface area contributed by atoms with Gasteiger partial charge in [0.05, 0.1) is 5.69 Å². The molecule has 7 heteroatoms. The highest BCUT2D eigenvalue weighted by atomic mass is 79.9. The number of carbonyl (C=O) groups excluding carboxylic acids is 2. The Morgan fingerprint density at radius 2 is 1.62 bits per heavy atom. The molecule has 0 aromatic heterocycles. The average Bonchev–Trinajstić information content (AvgIpc) is 2.57. The van der Waals surface area contributed by atoms with Gasteiger partial charge in [0.1, 0.15) is 5.75 Å². The molecule has 0 aliphatic rings. The molecule has 0 aliphatic carbocycles. The number of hydrogen-bond acceptors (Lipinski definition) is 4. The van der Waals surface area contributed by atoms with Crippen LogP contribution < -0.4 is 10.1 Å². The number of esters is 1. The Morgan fingerprint density at radius 1 is 0.962 bits per heavy atom. The van der Waals surface area contributed by atoms with E-state index in [2.05, 4.69) is 37.2 Å². The number of aryl methyl sites for hydroxylation is 3. The molecule has 0 spiro atoms. The number of carbonyl (C=O) groups is 2. The lowest BCUT2D eigenvalue weighted by molar-refractivity contribution is -0.149. The van der Waals surface area contributed by atoms with Gasteiger partial charge in [0.25, 0.3) is 5.91 Å². The van der Waals surface area contributed by atoms with E-state index in [0.29, 0.717) is 11.4 Å². The van der Waals surface area contributed by atoms with Crippen LogP contribution in [0.15, 0.2) is 39.3 Å². The summed E-state index contributed by atoms with van der Waals surface area (Å²) >= 11 is 6.79. The van der Waals surface area contributed by atoms with Crippen LogP contribution in [0.25, 0.3) is 0 Å². The summed E-state index contributed by atoms with van der Waals surface area (Å²) in [6.07, 6.45) is 0. The van der Waals surface area contributed by atoms with Gasteiger partial charge in [-0.2, -0.15) is 0 Å². The molecule has 138 valence electrons. The van der Waals surface area contributed by atoms with Crippen molar-refractivity contribution in [3.05, 3.63) is 56.0 Å². The van der Waals surface area contributed by atoms with Crippen molar-refractivity contribution in [2.45, 2.75) is 20.8 Å².